The number of rotatable bonds is 11. The lowest BCUT2D eigenvalue weighted by atomic mass is 9.98. The number of nitrogens with zero attached hydrogens (tertiary/aromatic N) is 1. The standard InChI is InChI=1S/C25H35NO4.C2H6/c1-19(2)21-13-11-20(12-14-21)18-23(27)16-15-22-8-7-9-24(28)26(22)17-6-4-3-5-10-25(29)30;1-2/h4,6,11-16,19,22-23,27H,3,5,7-10,17-18H2,1-2H3,(H,29,30);1-2H3/t22-,23?;/m1./s1. The number of aliphatic hydroxyl groups is 1. The van der Waals surface area contributed by atoms with Gasteiger partial charge in [0.25, 0.3) is 0 Å². The number of hydrogen-bond donors (Lipinski definition) is 2. The van der Waals surface area contributed by atoms with Crippen molar-refractivity contribution in [1.82, 2.24) is 4.90 Å². The van der Waals surface area contributed by atoms with Crippen LogP contribution in [0, 0.1) is 0 Å². The van der Waals surface area contributed by atoms with Crippen molar-refractivity contribution in [3.05, 3.63) is 59.7 Å². The monoisotopic (exact) mass is 443 g/mol. The lowest BCUT2D eigenvalue weighted by Crippen LogP contribution is -2.42. The summed E-state index contributed by atoms with van der Waals surface area (Å²) in [5, 5.41) is 19.1. The Labute approximate surface area is 193 Å². The summed E-state index contributed by atoms with van der Waals surface area (Å²) in [5.41, 5.74) is 2.38. The molecule has 0 spiro atoms. The number of hydrogen-bond acceptors (Lipinski definition) is 3. The molecule has 1 unspecified atom stereocenters. The van der Waals surface area contributed by atoms with Gasteiger partial charge >= 0.3 is 5.97 Å². The molecule has 178 valence electrons. The number of benzene rings is 1. The maximum absolute atomic E-state index is 12.4. The van der Waals surface area contributed by atoms with E-state index in [-0.39, 0.29) is 18.4 Å². The molecule has 1 aliphatic heterocycles. The maximum Gasteiger partial charge on any atom is 0.303 e. The van der Waals surface area contributed by atoms with Gasteiger partial charge in [0.05, 0.1) is 12.1 Å². The van der Waals surface area contributed by atoms with Crippen LogP contribution < -0.4 is 0 Å². The molecule has 5 heteroatoms. The number of carbonyl (C=O) groups excluding carboxylic acids is 1. The van der Waals surface area contributed by atoms with Gasteiger partial charge in [0.2, 0.25) is 5.91 Å². The molecule has 0 aromatic heterocycles. The van der Waals surface area contributed by atoms with Crippen molar-refractivity contribution in [2.75, 3.05) is 6.54 Å². The lowest BCUT2D eigenvalue weighted by Gasteiger charge is -2.33. The van der Waals surface area contributed by atoms with E-state index >= 15 is 0 Å². The summed E-state index contributed by atoms with van der Waals surface area (Å²) in [7, 11) is 0. The van der Waals surface area contributed by atoms with Crippen molar-refractivity contribution >= 4 is 11.9 Å². The third-order valence-electron chi connectivity index (χ3n) is 5.49. The van der Waals surface area contributed by atoms with Crippen molar-refractivity contribution < 1.29 is 19.8 Å². The number of piperidine rings is 1. The first-order valence-electron chi connectivity index (χ1n) is 12.0. The fourth-order valence-electron chi connectivity index (χ4n) is 3.67. The van der Waals surface area contributed by atoms with E-state index in [9.17, 15) is 14.7 Å². The quantitative estimate of drug-likeness (QED) is 0.350. The van der Waals surface area contributed by atoms with Crippen LogP contribution in [0.3, 0.4) is 0 Å². The van der Waals surface area contributed by atoms with Crippen LogP contribution in [0.2, 0.25) is 0 Å². The molecule has 0 aliphatic carbocycles. The number of carboxylic acid groups (broad SMARTS) is 1. The first kappa shape index (κ1) is 27.6. The Morgan fingerprint density at radius 3 is 2.50 bits per heavy atom. The topological polar surface area (TPSA) is 77.8 Å². The number of carbonyl (C=O) groups is 2. The number of likely N-dealkylation sites (tertiary alicyclic amines) is 1. The number of unbranched alkanes of at least 4 members (excludes halogenated alkanes) is 1. The summed E-state index contributed by atoms with van der Waals surface area (Å²) in [6.45, 7) is 8.85. The van der Waals surface area contributed by atoms with E-state index in [1.807, 2.05) is 43.1 Å². The SMILES string of the molecule is CC.CC(C)c1ccc(CC(O)C=C[C@H]2CCCC(=O)N2CC=CCCCC(=O)O)cc1. The predicted octanol–water partition coefficient (Wildman–Crippen LogP) is 5.49. The molecule has 1 aliphatic rings. The van der Waals surface area contributed by atoms with Crippen molar-refractivity contribution in [3.63, 3.8) is 0 Å². The molecule has 0 radical (unpaired) electrons. The molecule has 1 aromatic rings. The van der Waals surface area contributed by atoms with E-state index in [1.54, 1.807) is 0 Å². The van der Waals surface area contributed by atoms with E-state index < -0.39 is 12.1 Å². The van der Waals surface area contributed by atoms with Crippen molar-refractivity contribution in [2.24, 2.45) is 0 Å². The van der Waals surface area contributed by atoms with Gasteiger partial charge in [-0.05, 0) is 42.7 Å². The minimum absolute atomic E-state index is 0.00659. The summed E-state index contributed by atoms with van der Waals surface area (Å²) >= 11 is 0. The van der Waals surface area contributed by atoms with Crippen LogP contribution in [0.25, 0.3) is 0 Å². The van der Waals surface area contributed by atoms with Crippen LogP contribution in [0.15, 0.2) is 48.6 Å². The molecule has 1 aromatic carbocycles. The van der Waals surface area contributed by atoms with Crippen molar-refractivity contribution in [1.29, 1.82) is 0 Å². The van der Waals surface area contributed by atoms with Crippen LogP contribution in [-0.4, -0.2) is 45.7 Å². The smallest absolute Gasteiger partial charge is 0.303 e. The number of aliphatic hydroxyl groups excluding tert-OH is 1. The molecular formula is C27H41NO4. The minimum atomic E-state index is -0.783. The zero-order valence-electron chi connectivity index (χ0n) is 20.2. The van der Waals surface area contributed by atoms with Gasteiger partial charge in [0.1, 0.15) is 0 Å². The lowest BCUT2D eigenvalue weighted by molar-refractivity contribution is -0.137. The van der Waals surface area contributed by atoms with Gasteiger partial charge in [-0.2, -0.15) is 0 Å². The normalized spacial score (nSPS) is 17.6. The predicted molar refractivity (Wildman–Crippen MR) is 131 cm³/mol. The fourth-order valence-corrected chi connectivity index (χ4v) is 3.67. The Kier molecular flexibility index (Phi) is 13.3. The van der Waals surface area contributed by atoms with Crippen LogP contribution in [0.5, 0.6) is 0 Å². The first-order valence-corrected chi connectivity index (χ1v) is 12.0. The Morgan fingerprint density at radius 1 is 1.19 bits per heavy atom. The largest absolute Gasteiger partial charge is 0.481 e. The van der Waals surface area contributed by atoms with Gasteiger partial charge < -0.3 is 15.1 Å². The Bertz CT molecular complexity index is 737. The molecule has 5 nitrogen and oxygen atoms in total. The van der Waals surface area contributed by atoms with E-state index in [2.05, 4.69) is 38.1 Å². The van der Waals surface area contributed by atoms with E-state index in [4.69, 9.17) is 5.11 Å². The summed E-state index contributed by atoms with van der Waals surface area (Å²) in [6, 6.07) is 8.35. The van der Waals surface area contributed by atoms with E-state index in [0.29, 0.717) is 38.1 Å². The first-order chi connectivity index (χ1) is 15.4. The molecule has 1 amide bonds. The molecular weight excluding hydrogens is 402 g/mol. The van der Waals surface area contributed by atoms with Crippen LogP contribution in [-0.2, 0) is 16.0 Å². The van der Waals surface area contributed by atoms with E-state index in [1.165, 1.54) is 5.56 Å². The summed E-state index contributed by atoms with van der Waals surface area (Å²) in [4.78, 5) is 24.7. The third-order valence-corrected chi connectivity index (χ3v) is 5.49. The second-order valence-corrected chi connectivity index (χ2v) is 8.32. The molecule has 0 bridgehead atoms. The van der Waals surface area contributed by atoms with Gasteiger partial charge in [0.15, 0.2) is 0 Å². The maximum atomic E-state index is 12.4. The molecule has 1 heterocycles. The fraction of sp³-hybridized carbons (Fsp3) is 0.556. The van der Waals surface area contributed by atoms with Gasteiger partial charge in [-0.1, -0.05) is 76.3 Å². The molecule has 1 fully saturated rings. The number of allylic oxidation sites excluding steroid dienone is 1. The molecule has 2 atom stereocenters. The molecule has 2 N–H and O–H groups in total. The highest BCUT2D eigenvalue weighted by Gasteiger charge is 2.25. The van der Waals surface area contributed by atoms with Crippen LogP contribution in [0.4, 0.5) is 0 Å². The third kappa shape index (κ3) is 10.3. The van der Waals surface area contributed by atoms with Gasteiger partial charge in [-0.15, -0.1) is 0 Å². The van der Waals surface area contributed by atoms with Gasteiger partial charge in [-0.3, -0.25) is 9.59 Å². The minimum Gasteiger partial charge on any atom is -0.481 e. The highest BCUT2D eigenvalue weighted by molar-refractivity contribution is 5.77. The Balaban J connectivity index is 0.00000249. The summed E-state index contributed by atoms with van der Waals surface area (Å²) in [6.07, 6.45) is 11.4. The average molecular weight is 444 g/mol. The summed E-state index contributed by atoms with van der Waals surface area (Å²) < 4.78 is 0. The summed E-state index contributed by atoms with van der Waals surface area (Å²) in [5.74, 6) is -0.163. The zero-order chi connectivity index (χ0) is 23.9. The zero-order valence-corrected chi connectivity index (χ0v) is 20.2. The number of aliphatic carboxylic acids is 1. The highest BCUT2D eigenvalue weighted by atomic mass is 16.4. The van der Waals surface area contributed by atoms with E-state index in [0.717, 1.165) is 18.4 Å². The highest BCUT2D eigenvalue weighted by Crippen LogP contribution is 2.20. The second-order valence-electron chi connectivity index (χ2n) is 8.32. The van der Waals surface area contributed by atoms with Crippen LogP contribution in [0.1, 0.15) is 83.3 Å². The number of carboxylic acids is 1. The Hall–Kier alpha value is -2.40. The van der Waals surface area contributed by atoms with Gasteiger partial charge in [0, 0.05) is 25.8 Å². The molecule has 1 saturated heterocycles. The van der Waals surface area contributed by atoms with Crippen LogP contribution >= 0.6 is 0 Å². The molecule has 0 saturated carbocycles. The Morgan fingerprint density at radius 2 is 1.88 bits per heavy atom. The second kappa shape index (κ2) is 15.4. The molecule has 32 heavy (non-hydrogen) atoms. The number of amides is 1. The van der Waals surface area contributed by atoms with Crippen molar-refractivity contribution in [3.8, 4) is 0 Å². The molecule has 2 rings (SSSR count). The van der Waals surface area contributed by atoms with Gasteiger partial charge in [-0.25, -0.2) is 0 Å². The average Bonchev–Trinajstić information content (AvgIpc) is 2.77. The van der Waals surface area contributed by atoms with Crippen molar-refractivity contribution in [2.45, 2.75) is 90.7 Å².